The zero-order valence-corrected chi connectivity index (χ0v) is 16.4. The van der Waals surface area contributed by atoms with Gasteiger partial charge in [-0.05, 0) is 48.7 Å². The number of ether oxygens (including phenoxy) is 4. The molecule has 5 nitrogen and oxygen atoms in total. The smallest absolute Gasteiger partial charge is 0.162 e. The van der Waals surface area contributed by atoms with Gasteiger partial charge in [0.15, 0.2) is 23.0 Å². The molecule has 146 valence electrons. The molecule has 2 atom stereocenters. The average molecular weight is 379 g/mol. The van der Waals surface area contributed by atoms with E-state index in [2.05, 4.69) is 24.3 Å². The minimum absolute atomic E-state index is 0.322. The number of aliphatic imine (C=N–C) groups is 1. The summed E-state index contributed by atoms with van der Waals surface area (Å²) in [6.07, 6.45) is 4.79. The second-order valence-corrected chi connectivity index (χ2v) is 7.59. The fourth-order valence-electron chi connectivity index (χ4n) is 4.69. The topological polar surface area (TPSA) is 49.3 Å². The summed E-state index contributed by atoms with van der Waals surface area (Å²) in [5.74, 6) is 3.56. The summed E-state index contributed by atoms with van der Waals surface area (Å²) >= 11 is 0. The highest BCUT2D eigenvalue weighted by molar-refractivity contribution is 6.15. The van der Waals surface area contributed by atoms with Crippen molar-refractivity contribution in [1.82, 2.24) is 0 Å². The predicted molar refractivity (Wildman–Crippen MR) is 108 cm³/mol. The molecule has 1 saturated carbocycles. The van der Waals surface area contributed by atoms with Crippen LogP contribution in [0.2, 0.25) is 0 Å². The molecular weight excluding hydrogens is 354 g/mol. The number of fused-ring (bicyclic) bond motifs is 4. The van der Waals surface area contributed by atoms with Crippen LogP contribution < -0.4 is 18.9 Å². The third-order valence-corrected chi connectivity index (χ3v) is 6.05. The summed E-state index contributed by atoms with van der Waals surface area (Å²) in [5, 5.41) is 0. The number of hydrogen-bond acceptors (Lipinski definition) is 5. The maximum atomic E-state index is 5.81. The van der Waals surface area contributed by atoms with Gasteiger partial charge in [-0.2, -0.15) is 0 Å². The van der Waals surface area contributed by atoms with Crippen molar-refractivity contribution in [1.29, 1.82) is 0 Å². The van der Waals surface area contributed by atoms with E-state index in [9.17, 15) is 0 Å². The summed E-state index contributed by atoms with van der Waals surface area (Å²) in [4.78, 5) is 5.22. The van der Waals surface area contributed by atoms with Crippen LogP contribution in [0, 0.1) is 0 Å². The van der Waals surface area contributed by atoms with Gasteiger partial charge in [0.25, 0.3) is 0 Å². The van der Waals surface area contributed by atoms with E-state index in [0.717, 1.165) is 46.3 Å². The molecule has 0 N–H and O–H groups in total. The molecule has 2 aliphatic heterocycles. The fraction of sp³-hybridized carbons (Fsp3) is 0.435. The lowest BCUT2D eigenvalue weighted by molar-refractivity contribution is 0.171. The van der Waals surface area contributed by atoms with Crippen LogP contribution in [0.4, 0.5) is 0 Å². The van der Waals surface area contributed by atoms with Crippen LogP contribution in [-0.4, -0.2) is 39.2 Å². The Morgan fingerprint density at radius 3 is 2.46 bits per heavy atom. The molecule has 0 radical (unpaired) electrons. The highest BCUT2D eigenvalue weighted by Gasteiger charge is 2.34. The number of hydrogen-bond donors (Lipinski definition) is 0. The minimum Gasteiger partial charge on any atom is -0.493 e. The third-order valence-electron chi connectivity index (χ3n) is 6.05. The van der Waals surface area contributed by atoms with Crippen molar-refractivity contribution in [3.63, 3.8) is 0 Å². The standard InChI is InChI=1S/C23H25NO4/c1-25-20-12-16-15-5-3-4-6-18(15)24-23(17(16)13-21(20)26-2)14-7-8-19-22(11-14)28-10-9-27-19/h7-8,11-13,15,18H,3-6,9-10H2,1-2H3/t15-,18-/m0/s1. The molecule has 28 heavy (non-hydrogen) atoms. The summed E-state index contributed by atoms with van der Waals surface area (Å²) in [6.45, 7) is 1.17. The lowest BCUT2D eigenvalue weighted by atomic mass is 9.75. The van der Waals surface area contributed by atoms with Crippen molar-refractivity contribution in [2.45, 2.75) is 37.6 Å². The summed E-state index contributed by atoms with van der Waals surface area (Å²) in [7, 11) is 3.37. The van der Waals surface area contributed by atoms with Crippen molar-refractivity contribution in [2.24, 2.45) is 4.99 Å². The van der Waals surface area contributed by atoms with Gasteiger partial charge in [0, 0.05) is 17.0 Å². The van der Waals surface area contributed by atoms with Crippen LogP contribution in [-0.2, 0) is 0 Å². The van der Waals surface area contributed by atoms with Crippen molar-refractivity contribution in [2.75, 3.05) is 27.4 Å². The highest BCUT2D eigenvalue weighted by atomic mass is 16.6. The normalized spacial score (nSPS) is 22.6. The molecule has 0 aromatic heterocycles. The molecule has 2 aromatic carbocycles. The quantitative estimate of drug-likeness (QED) is 0.795. The van der Waals surface area contributed by atoms with E-state index in [0.29, 0.717) is 25.2 Å². The van der Waals surface area contributed by atoms with E-state index in [1.807, 2.05) is 6.07 Å². The van der Waals surface area contributed by atoms with Crippen LogP contribution in [0.15, 0.2) is 35.3 Å². The Morgan fingerprint density at radius 1 is 0.893 bits per heavy atom. The first-order valence-electron chi connectivity index (χ1n) is 10.0. The Hall–Kier alpha value is -2.69. The molecule has 3 aliphatic rings. The van der Waals surface area contributed by atoms with Gasteiger partial charge in [-0.3, -0.25) is 4.99 Å². The number of methoxy groups -OCH3 is 2. The molecular formula is C23H25NO4. The number of rotatable bonds is 3. The van der Waals surface area contributed by atoms with Crippen LogP contribution in [0.5, 0.6) is 23.0 Å². The molecule has 0 unspecified atom stereocenters. The molecule has 5 heteroatoms. The van der Waals surface area contributed by atoms with E-state index in [1.54, 1.807) is 14.2 Å². The molecule has 0 bridgehead atoms. The second-order valence-electron chi connectivity index (χ2n) is 7.59. The fourth-order valence-corrected chi connectivity index (χ4v) is 4.69. The Morgan fingerprint density at radius 2 is 1.64 bits per heavy atom. The van der Waals surface area contributed by atoms with Gasteiger partial charge in [-0.25, -0.2) is 0 Å². The number of nitrogens with zero attached hydrogens (tertiary/aromatic N) is 1. The van der Waals surface area contributed by atoms with Gasteiger partial charge in [0.1, 0.15) is 13.2 Å². The lowest BCUT2D eigenvalue weighted by Gasteiger charge is -2.36. The van der Waals surface area contributed by atoms with Crippen molar-refractivity contribution in [3.8, 4) is 23.0 Å². The van der Waals surface area contributed by atoms with Gasteiger partial charge >= 0.3 is 0 Å². The molecule has 0 saturated heterocycles. The molecule has 1 fully saturated rings. The molecule has 0 amide bonds. The van der Waals surface area contributed by atoms with E-state index in [-0.39, 0.29) is 0 Å². The van der Waals surface area contributed by atoms with Gasteiger partial charge in [-0.1, -0.05) is 12.8 Å². The van der Waals surface area contributed by atoms with Crippen molar-refractivity contribution >= 4 is 5.71 Å². The third kappa shape index (κ3) is 2.81. The first kappa shape index (κ1) is 17.4. The molecule has 2 aromatic rings. The van der Waals surface area contributed by atoms with Crippen molar-refractivity contribution < 1.29 is 18.9 Å². The minimum atomic E-state index is 0.322. The largest absolute Gasteiger partial charge is 0.493 e. The van der Waals surface area contributed by atoms with E-state index < -0.39 is 0 Å². The molecule has 0 spiro atoms. The van der Waals surface area contributed by atoms with Gasteiger partial charge in [0.05, 0.1) is 26.0 Å². The van der Waals surface area contributed by atoms with Crippen LogP contribution in [0.25, 0.3) is 0 Å². The Labute approximate surface area is 165 Å². The first-order valence-corrected chi connectivity index (χ1v) is 10.0. The van der Waals surface area contributed by atoms with Crippen LogP contribution in [0.1, 0.15) is 48.3 Å². The van der Waals surface area contributed by atoms with E-state index in [1.165, 1.54) is 24.8 Å². The predicted octanol–water partition coefficient (Wildman–Crippen LogP) is 4.35. The summed E-state index contributed by atoms with van der Waals surface area (Å²) < 4.78 is 22.7. The first-order chi connectivity index (χ1) is 13.8. The Bertz CT molecular complexity index is 936. The van der Waals surface area contributed by atoms with E-state index >= 15 is 0 Å². The Balaban J connectivity index is 1.66. The SMILES string of the molecule is COc1cc2c(cc1OC)[C@@H]1CCCC[C@@H]1N=C2c1ccc2c(c1)OCCO2. The van der Waals surface area contributed by atoms with Gasteiger partial charge in [-0.15, -0.1) is 0 Å². The van der Waals surface area contributed by atoms with Crippen LogP contribution >= 0.6 is 0 Å². The average Bonchev–Trinajstić information content (AvgIpc) is 2.77. The molecule has 2 heterocycles. The Kier molecular flexibility index (Phi) is 4.38. The monoisotopic (exact) mass is 379 g/mol. The maximum absolute atomic E-state index is 5.81. The zero-order valence-electron chi connectivity index (χ0n) is 16.4. The number of benzene rings is 2. The summed E-state index contributed by atoms with van der Waals surface area (Å²) in [5.41, 5.74) is 4.53. The van der Waals surface area contributed by atoms with Gasteiger partial charge in [0.2, 0.25) is 0 Å². The van der Waals surface area contributed by atoms with E-state index in [4.69, 9.17) is 23.9 Å². The lowest BCUT2D eigenvalue weighted by Crippen LogP contribution is -2.29. The maximum Gasteiger partial charge on any atom is 0.162 e. The van der Waals surface area contributed by atoms with Gasteiger partial charge < -0.3 is 18.9 Å². The van der Waals surface area contributed by atoms with Crippen molar-refractivity contribution in [3.05, 3.63) is 47.0 Å². The second kappa shape index (κ2) is 7.04. The highest BCUT2D eigenvalue weighted by Crippen LogP contribution is 2.45. The molecule has 5 rings (SSSR count). The molecule has 1 aliphatic carbocycles. The summed E-state index contributed by atoms with van der Waals surface area (Å²) in [6, 6.07) is 10.7. The zero-order chi connectivity index (χ0) is 19.1. The van der Waals surface area contributed by atoms with Crippen LogP contribution in [0.3, 0.4) is 0 Å².